The summed E-state index contributed by atoms with van der Waals surface area (Å²) in [7, 11) is 0. The van der Waals surface area contributed by atoms with Crippen molar-refractivity contribution >= 4 is 35.1 Å². The molecule has 0 aromatic heterocycles. The number of anilines is 1. The normalized spacial score (nSPS) is 25.9. The number of non-ortho nitro benzene ring substituents is 1. The van der Waals surface area contributed by atoms with Crippen molar-refractivity contribution in [3.05, 3.63) is 69.3 Å². The number of fused-ring (bicyclic) bond motifs is 1. The summed E-state index contributed by atoms with van der Waals surface area (Å²) in [5.41, 5.74) is -0.544. The van der Waals surface area contributed by atoms with Crippen LogP contribution in [0.25, 0.3) is 0 Å². The Kier molecular flexibility index (Phi) is 5.44. The number of carboxylic acid groups (broad SMARTS) is 2. The minimum atomic E-state index is -2.25. The van der Waals surface area contributed by atoms with Gasteiger partial charge < -0.3 is 10.2 Å². The van der Waals surface area contributed by atoms with Crippen molar-refractivity contribution in [2.24, 2.45) is 11.8 Å². The molecular formula is C23H21N3O8. The van der Waals surface area contributed by atoms with Gasteiger partial charge in [0.2, 0.25) is 11.8 Å². The number of nitro benzene ring substituents is 1. The molecule has 2 heterocycles. The van der Waals surface area contributed by atoms with Crippen LogP contribution in [-0.4, -0.2) is 44.4 Å². The van der Waals surface area contributed by atoms with Crippen LogP contribution in [-0.2, 0) is 19.2 Å². The van der Waals surface area contributed by atoms with E-state index in [1.54, 1.807) is 19.1 Å². The zero-order chi connectivity index (χ0) is 24.9. The largest absolute Gasteiger partial charge is 0.481 e. The monoisotopic (exact) mass is 467 g/mol. The molecule has 0 bridgehead atoms. The van der Waals surface area contributed by atoms with Crippen LogP contribution in [0.15, 0.2) is 42.5 Å². The fraction of sp³-hybridized carbons (Fsp3) is 0.304. The first-order valence-corrected chi connectivity index (χ1v) is 10.4. The number of carbonyl (C=O) groups excluding carboxylic acids is 2. The lowest BCUT2D eigenvalue weighted by molar-refractivity contribution is -0.384. The highest BCUT2D eigenvalue weighted by molar-refractivity contribution is 6.24. The maximum Gasteiger partial charge on any atom is 0.325 e. The van der Waals surface area contributed by atoms with Crippen LogP contribution < -0.4 is 10.2 Å². The molecule has 2 aromatic carbocycles. The quantitative estimate of drug-likeness (QED) is 0.327. The van der Waals surface area contributed by atoms with Gasteiger partial charge in [0.05, 0.1) is 28.9 Å². The van der Waals surface area contributed by atoms with Gasteiger partial charge in [-0.1, -0.05) is 29.8 Å². The number of nitro groups is 1. The molecule has 0 saturated carbocycles. The molecule has 4 atom stereocenters. The SMILES string of the molecule is Cc1ccc(C)c(C2NC(CC(=O)O)(C(=O)O)C3C(=O)N(c4cccc([N+](=O)[O-])c4)C(=O)C23)c1. The Morgan fingerprint density at radius 3 is 2.44 bits per heavy atom. The number of hydrogen-bond acceptors (Lipinski definition) is 7. The zero-order valence-corrected chi connectivity index (χ0v) is 18.2. The van der Waals surface area contributed by atoms with Crippen LogP contribution in [0.4, 0.5) is 11.4 Å². The van der Waals surface area contributed by atoms with E-state index in [1.807, 2.05) is 13.0 Å². The second kappa shape index (κ2) is 8.03. The van der Waals surface area contributed by atoms with E-state index in [1.165, 1.54) is 18.2 Å². The van der Waals surface area contributed by atoms with Crippen molar-refractivity contribution in [3.63, 3.8) is 0 Å². The van der Waals surface area contributed by atoms with Crippen LogP contribution in [0.3, 0.4) is 0 Å². The van der Waals surface area contributed by atoms with Crippen LogP contribution >= 0.6 is 0 Å². The van der Waals surface area contributed by atoms with Crippen molar-refractivity contribution in [1.29, 1.82) is 0 Å². The van der Waals surface area contributed by atoms with E-state index in [2.05, 4.69) is 5.32 Å². The highest BCUT2D eigenvalue weighted by Crippen LogP contribution is 2.51. The van der Waals surface area contributed by atoms with Crippen LogP contribution in [0.5, 0.6) is 0 Å². The molecule has 2 aliphatic rings. The summed E-state index contributed by atoms with van der Waals surface area (Å²) >= 11 is 0. The Bertz CT molecular complexity index is 1260. The number of hydrogen-bond donors (Lipinski definition) is 3. The Balaban J connectivity index is 1.91. The van der Waals surface area contributed by atoms with E-state index in [0.29, 0.717) is 5.56 Å². The average Bonchev–Trinajstić information content (AvgIpc) is 3.24. The highest BCUT2D eigenvalue weighted by Gasteiger charge is 2.69. The molecule has 0 radical (unpaired) electrons. The number of carboxylic acids is 2. The number of imide groups is 1. The standard InChI is InChI=1S/C23H21N3O8/c1-11-6-7-12(2)15(8-11)19-17-18(23(24-19,22(31)32)10-16(27)28)21(30)25(20(17)29)13-4-3-5-14(9-13)26(33)34/h3-9,17-19,24H,10H2,1-2H3,(H,27,28)(H,31,32). The van der Waals surface area contributed by atoms with E-state index >= 15 is 0 Å². The summed E-state index contributed by atoms with van der Waals surface area (Å²) in [6.45, 7) is 3.58. The Morgan fingerprint density at radius 1 is 1.12 bits per heavy atom. The predicted octanol–water partition coefficient (Wildman–Crippen LogP) is 1.96. The van der Waals surface area contributed by atoms with Gasteiger partial charge in [0.25, 0.3) is 5.69 Å². The first-order chi connectivity index (χ1) is 16.0. The third-order valence-corrected chi connectivity index (χ3v) is 6.53. The molecular weight excluding hydrogens is 446 g/mol. The number of benzene rings is 2. The molecule has 2 aromatic rings. The molecule has 176 valence electrons. The smallest absolute Gasteiger partial charge is 0.325 e. The van der Waals surface area contributed by atoms with Crippen LogP contribution in [0, 0.1) is 35.8 Å². The lowest BCUT2D eigenvalue weighted by atomic mass is 9.77. The van der Waals surface area contributed by atoms with Gasteiger partial charge in [-0.2, -0.15) is 0 Å². The van der Waals surface area contributed by atoms with Gasteiger partial charge in [-0.3, -0.25) is 34.6 Å². The Labute approximate surface area is 193 Å². The second-order valence-electron chi connectivity index (χ2n) is 8.62. The lowest BCUT2D eigenvalue weighted by Gasteiger charge is -2.30. The highest BCUT2D eigenvalue weighted by atomic mass is 16.6. The lowest BCUT2D eigenvalue weighted by Crippen LogP contribution is -2.57. The number of carbonyl (C=O) groups is 4. The van der Waals surface area contributed by atoms with Gasteiger partial charge in [0.1, 0.15) is 5.54 Å². The first-order valence-electron chi connectivity index (χ1n) is 10.4. The van der Waals surface area contributed by atoms with Crippen LogP contribution in [0.2, 0.25) is 0 Å². The number of amides is 2. The molecule has 3 N–H and O–H groups in total. The fourth-order valence-corrected chi connectivity index (χ4v) is 5.04. The van der Waals surface area contributed by atoms with Crippen molar-refractivity contribution < 1.29 is 34.3 Å². The molecule has 2 aliphatic heterocycles. The Morgan fingerprint density at radius 2 is 1.82 bits per heavy atom. The molecule has 11 nitrogen and oxygen atoms in total. The molecule has 11 heteroatoms. The molecule has 4 unspecified atom stereocenters. The summed E-state index contributed by atoms with van der Waals surface area (Å²) in [6, 6.07) is 9.33. The predicted molar refractivity (Wildman–Crippen MR) is 117 cm³/mol. The molecule has 34 heavy (non-hydrogen) atoms. The van der Waals surface area contributed by atoms with E-state index in [0.717, 1.165) is 22.1 Å². The van der Waals surface area contributed by atoms with Gasteiger partial charge in [-0.25, -0.2) is 4.90 Å². The van der Waals surface area contributed by atoms with Gasteiger partial charge >= 0.3 is 11.9 Å². The summed E-state index contributed by atoms with van der Waals surface area (Å²) in [4.78, 5) is 62.6. The summed E-state index contributed by atoms with van der Waals surface area (Å²) in [5, 5.41) is 33.7. The minimum Gasteiger partial charge on any atom is -0.481 e. The first kappa shape index (κ1) is 23.1. The topological polar surface area (TPSA) is 167 Å². The number of aryl methyl sites for hydroxylation is 2. The van der Waals surface area contributed by atoms with Gasteiger partial charge in [-0.15, -0.1) is 0 Å². The van der Waals surface area contributed by atoms with Gasteiger partial charge in [-0.05, 0) is 31.0 Å². The molecule has 2 fully saturated rings. The van der Waals surface area contributed by atoms with Crippen molar-refractivity contribution in [1.82, 2.24) is 5.32 Å². The molecule has 4 rings (SSSR count). The van der Waals surface area contributed by atoms with Gasteiger partial charge in [0, 0.05) is 18.2 Å². The van der Waals surface area contributed by atoms with E-state index < -0.39 is 58.5 Å². The van der Waals surface area contributed by atoms with E-state index in [4.69, 9.17) is 0 Å². The van der Waals surface area contributed by atoms with Gasteiger partial charge in [0.15, 0.2) is 0 Å². The fourth-order valence-electron chi connectivity index (χ4n) is 5.04. The molecule has 0 spiro atoms. The third kappa shape index (κ3) is 3.41. The summed E-state index contributed by atoms with van der Waals surface area (Å²) in [6.07, 6.45) is -0.938. The second-order valence-corrected chi connectivity index (χ2v) is 8.62. The number of rotatable bonds is 6. The molecule has 0 aliphatic carbocycles. The Hall–Kier alpha value is -4.12. The zero-order valence-electron chi connectivity index (χ0n) is 18.2. The van der Waals surface area contributed by atoms with E-state index in [-0.39, 0.29) is 11.4 Å². The van der Waals surface area contributed by atoms with Crippen molar-refractivity contribution in [3.8, 4) is 0 Å². The number of aliphatic carboxylic acids is 2. The average molecular weight is 467 g/mol. The van der Waals surface area contributed by atoms with Crippen molar-refractivity contribution in [2.75, 3.05) is 4.90 Å². The summed E-state index contributed by atoms with van der Waals surface area (Å²) < 4.78 is 0. The summed E-state index contributed by atoms with van der Waals surface area (Å²) in [5.74, 6) is -7.44. The van der Waals surface area contributed by atoms with Crippen molar-refractivity contribution in [2.45, 2.75) is 31.8 Å². The maximum atomic E-state index is 13.6. The van der Waals surface area contributed by atoms with Crippen LogP contribution in [0.1, 0.15) is 29.2 Å². The molecule has 2 saturated heterocycles. The molecule has 2 amide bonds. The third-order valence-electron chi connectivity index (χ3n) is 6.53. The maximum absolute atomic E-state index is 13.6. The minimum absolute atomic E-state index is 0.0760. The number of nitrogens with one attached hydrogen (secondary N) is 1. The van der Waals surface area contributed by atoms with E-state index in [9.17, 15) is 39.5 Å². The number of nitrogens with zero attached hydrogens (tertiary/aromatic N) is 2.